The van der Waals surface area contributed by atoms with E-state index in [0.29, 0.717) is 0 Å². The highest BCUT2D eigenvalue weighted by Crippen LogP contribution is 2.28. The molecule has 0 saturated heterocycles. The lowest BCUT2D eigenvalue weighted by atomic mass is 9.83. The first-order chi connectivity index (χ1) is 8.87. The Hall–Kier alpha value is -2.00. The molecule has 1 aromatic heterocycles. The third-order valence-electron chi connectivity index (χ3n) is 2.24. The summed E-state index contributed by atoms with van der Waals surface area (Å²) in [6.45, 7) is 0. The second-order valence-electron chi connectivity index (χ2n) is 3.61. The van der Waals surface area contributed by atoms with Crippen molar-refractivity contribution in [3.05, 3.63) is 36.7 Å². The molecule has 100 valence electrons. The number of alkyl halides is 3. The molecule has 19 heavy (non-hydrogen) atoms. The Morgan fingerprint density at radius 1 is 1.21 bits per heavy atom. The Balaban J connectivity index is 2.38. The van der Waals surface area contributed by atoms with Gasteiger partial charge in [-0.2, -0.15) is 5.10 Å². The van der Waals surface area contributed by atoms with Crippen LogP contribution < -0.4 is 10.2 Å². The van der Waals surface area contributed by atoms with E-state index in [1.54, 1.807) is 0 Å². The monoisotopic (exact) mass is 272 g/mol. The van der Waals surface area contributed by atoms with Crippen LogP contribution in [0.25, 0.3) is 5.69 Å². The van der Waals surface area contributed by atoms with Gasteiger partial charge in [0.15, 0.2) is 5.75 Å². The smallest absolute Gasteiger partial charge is 0.423 e. The maximum absolute atomic E-state index is 12.2. The Morgan fingerprint density at radius 3 is 2.47 bits per heavy atom. The number of ether oxygens (including phenoxy) is 1. The molecule has 0 unspecified atom stereocenters. The summed E-state index contributed by atoms with van der Waals surface area (Å²) in [7, 11) is -1.75. The van der Waals surface area contributed by atoms with Gasteiger partial charge in [0.1, 0.15) is 5.69 Å². The van der Waals surface area contributed by atoms with Crippen LogP contribution in [0.5, 0.6) is 5.75 Å². The van der Waals surface area contributed by atoms with Crippen LogP contribution in [0.4, 0.5) is 13.2 Å². The highest BCUT2D eigenvalue weighted by Gasteiger charge is 2.32. The Morgan fingerprint density at radius 2 is 1.89 bits per heavy atom. The van der Waals surface area contributed by atoms with Crippen molar-refractivity contribution in [1.29, 1.82) is 0 Å². The van der Waals surface area contributed by atoms with Gasteiger partial charge in [-0.1, -0.05) is 12.1 Å². The van der Waals surface area contributed by atoms with Crippen molar-refractivity contribution in [2.75, 3.05) is 0 Å². The number of hydrogen-bond donors (Lipinski definition) is 2. The summed E-state index contributed by atoms with van der Waals surface area (Å²) in [4.78, 5) is 0. The van der Waals surface area contributed by atoms with Crippen LogP contribution in [0.3, 0.4) is 0 Å². The topological polar surface area (TPSA) is 67.5 Å². The molecule has 9 heteroatoms. The van der Waals surface area contributed by atoms with Crippen LogP contribution in [0.1, 0.15) is 0 Å². The van der Waals surface area contributed by atoms with Gasteiger partial charge in [-0.3, -0.25) is 0 Å². The van der Waals surface area contributed by atoms with Crippen LogP contribution in [-0.4, -0.2) is 33.3 Å². The normalized spacial score (nSPS) is 11.4. The van der Waals surface area contributed by atoms with Gasteiger partial charge in [0, 0.05) is 17.9 Å². The molecule has 2 aromatic rings. The lowest BCUT2D eigenvalue weighted by Crippen LogP contribution is -2.28. The second-order valence-corrected chi connectivity index (χ2v) is 3.61. The van der Waals surface area contributed by atoms with Gasteiger partial charge in [0.05, 0.1) is 0 Å². The molecule has 0 atom stereocenters. The number of rotatable bonds is 3. The summed E-state index contributed by atoms with van der Waals surface area (Å²) in [6, 6.07) is 5.40. The van der Waals surface area contributed by atoms with E-state index in [1.165, 1.54) is 24.4 Å². The Bertz CT molecular complexity index is 571. The summed E-state index contributed by atoms with van der Waals surface area (Å²) < 4.78 is 41.7. The summed E-state index contributed by atoms with van der Waals surface area (Å²) in [5, 5.41) is 21.6. The molecule has 0 aliphatic carbocycles. The van der Waals surface area contributed by atoms with Crippen LogP contribution in [0, 0.1) is 0 Å². The van der Waals surface area contributed by atoms with E-state index in [2.05, 4.69) is 9.84 Å². The molecular weight excluding hydrogens is 264 g/mol. The van der Waals surface area contributed by atoms with Gasteiger partial charge in [-0.05, 0) is 12.1 Å². The summed E-state index contributed by atoms with van der Waals surface area (Å²) >= 11 is 0. The molecule has 2 rings (SSSR count). The largest absolute Gasteiger partial charge is 0.573 e. The van der Waals surface area contributed by atoms with Gasteiger partial charge < -0.3 is 14.8 Å². The molecule has 0 spiro atoms. The first kappa shape index (κ1) is 13.4. The number of nitrogens with zero attached hydrogens (tertiary/aromatic N) is 2. The van der Waals surface area contributed by atoms with Crippen LogP contribution in [0.2, 0.25) is 0 Å². The first-order valence-electron chi connectivity index (χ1n) is 5.12. The van der Waals surface area contributed by atoms with Gasteiger partial charge in [0.25, 0.3) is 0 Å². The Labute approximate surface area is 106 Å². The molecule has 1 aromatic carbocycles. The maximum Gasteiger partial charge on any atom is 0.573 e. The zero-order chi connectivity index (χ0) is 14.0. The summed E-state index contributed by atoms with van der Waals surface area (Å²) in [5.41, 5.74) is 0.0912. The third kappa shape index (κ3) is 3.27. The standard InChI is InChI=1S/C10H8BF3N2O3/c12-10(13,14)19-9-4-2-1-3-8(9)16-6-7(5-15-16)11(17)18/h1-6,17-18H. The SMILES string of the molecule is OB(O)c1cnn(-c2ccccc2OC(F)(F)F)c1. The van der Waals surface area contributed by atoms with E-state index < -0.39 is 19.2 Å². The molecule has 0 bridgehead atoms. The summed E-state index contributed by atoms with van der Waals surface area (Å²) in [6.07, 6.45) is -2.49. The van der Waals surface area contributed by atoms with Crippen molar-refractivity contribution in [2.24, 2.45) is 0 Å². The Kier molecular flexibility index (Phi) is 3.49. The molecule has 0 amide bonds. The van der Waals surface area contributed by atoms with Crippen LogP contribution in [0.15, 0.2) is 36.7 Å². The zero-order valence-electron chi connectivity index (χ0n) is 9.37. The number of aromatic nitrogens is 2. The molecule has 1 heterocycles. The van der Waals surface area contributed by atoms with Crippen molar-refractivity contribution >= 4 is 12.6 Å². The van der Waals surface area contributed by atoms with Gasteiger partial charge in [-0.25, -0.2) is 4.68 Å². The fourth-order valence-electron chi connectivity index (χ4n) is 1.46. The van der Waals surface area contributed by atoms with Crippen LogP contribution in [-0.2, 0) is 0 Å². The fourth-order valence-corrected chi connectivity index (χ4v) is 1.46. The highest BCUT2D eigenvalue weighted by atomic mass is 19.4. The molecule has 0 aliphatic heterocycles. The lowest BCUT2D eigenvalue weighted by Gasteiger charge is -2.12. The van der Waals surface area contributed by atoms with E-state index >= 15 is 0 Å². The minimum atomic E-state index is -4.82. The first-order valence-corrected chi connectivity index (χ1v) is 5.12. The highest BCUT2D eigenvalue weighted by molar-refractivity contribution is 6.58. The van der Waals surface area contributed by atoms with Crippen molar-refractivity contribution < 1.29 is 28.0 Å². The maximum atomic E-state index is 12.2. The van der Waals surface area contributed by atoms with Crippen molar-refractivity contribution in [3.63, 3.8) is 0 Å². The van der Waals surface area contributed by atoms with Crippen molar-refractivity contribution in [3.8, 4) is 11.4 Å². The predicted molar refractivity (Wildman–Crippen MR) is 60.1 cm³/mol. The lowest BCUT2D eigenvalue weighted by molar-refractivity contribution is -0.274. The van der Waals surface area contributed by atoms with Gasteiger partial charge in [0.2, 0.25) is 0 Å². The van der Waals surface area contributed by atoms with E-state index in [-0.39, 0.29) is 11.2 Å². The van der Waals surface area contributed by atoms with E-state index in [1.807, 2.05) is 0 Å². The third-order valence-corrected chi connectivity index (χ3v) is 2.24. The second kappa shape index (κ2) is 4.94. The summed E-state index contributed by atoms with van der Waals surface area (Å²) in [5.74, 6) is -0.433. The minimum absolute atomic E-state index is 0.0340. The van der Waals surface area contributed by atoms with Crippen molar-refractivity contribution in [2.45, 2.75) is 6.36 Å². The van der Waals surface area contributed by atoms with Gasteiger partial charge in [-0.15, -0.1) is 13.2 Å². The molecule has 2 N–H and O–H groups in total. The van der Waals surface area contributed by atoms with E-state index in [0.717, 1.165) is 16.9 Å². The fraction of sp³-hybridized carbons (Fsp3) is 0.100. The van der Waals surface area contributed by atoms with E-state index in [9.17, 15) is 13.2 Å². The predicted octanol–water partition coefficient (Wildman–Crippen LogP) is 0.451. The molecule has 5 nitrogen and oxygen atoms in total. The number of hydrogen-bond acceptors (Lipinski definition) is 4. The average Bonchev–Trinajstić information content (AvgIpc) is 2.76. The van der Waals surface area contributed by atoms with Crippen molar-refractivity contribution in [1.82, 2.24) is 9.78 Å². The van der Waals surface area contributed by atoms with Crippen LogP contribution >= 0.6 is 0 Å². The molecule has 0 aliphatic rings. The number of para-hydroxylation sites is 2. The molecule has 0 radical (unpaired) electrons. The zero-order valence-corrected chi connectivity index (χ0v) is 9.37. The molecular formula is C10H8BF3N2O3. The quantitative estimate of drug-likeness (QED) is 0.796. The van der Waals surface area contributed by atoms with E-state index in [4.69, 9.17) is 10.0 Å². The molecule has 0 saturated carbocycles. The molecule has 0 fully saturated rings. The number of halogens is 3. The number of benzene rings is 1. The van der Waals surface area contributed by atoms with Gasteiger partial charge >= 0.3 is 13.5 Å². The minimum Gasteiger partial charge on any atom is -0.423 e. The average molecular weight is 272 g/mol.